The molecule has 0 saturated carbocycles. The van der Waals surface area contributed by atoms with E-state index < -0.39 is 0 Å². The van der Waals surface area contributed by atoms with E-state index in [0.717, 1.165) is 25.2 Å². The molecule has 6 heteroatoms. The van der Waals surface area contributed by atoms with Crippen molar-refractivity contribution < 1.29 is 19.1 Å². The highest BCUT2D eigenvalue weighted by atomic mass is 16.5. The van der Waals surface area contributed by atoms with Crippen LogP contribution in [0.15, 0.2) is 24.3 Å². The predicted molar refractivity (Wildman–Crippen MR) is 81.9 cm³/mol. The Labute approximate surface area is 130 Å². The Bertz CT molecular complexity index is 495. The van der Waals surface area contributed by atoms with Crippen molar-refractivity contribution >= 4 is 11.8 Å². The molecule has 6 nitrogen and oxygen atoms in total. The maximum atomic E-state index is 11.9. The molecule has 1 saturated heterocycles. The van der Waals surface area contributed by atoms with Gasteiger partial charge in [-0.05, 0) is 37.1 Å². The zero-order valence-corrected chi connectivity index (χ0v) is 12.8. The smallest absolute Gasteiger partial charge is 0.251 e. The van der Waals surface area contributed by atoms with Crippen molar-refractivity contribution in [1.29, 1.82) is 0 Å². The normalized spacial score (nSPS) is 17.0. The van der Waals surface area contributed by atoms with Crippen LogP contribution in [0, 0.1) is 0 Å². The maximum absolute atomic E-state index is 11.9. The summed E-state index contributed by atoms with van der Waals surface area (Å²) in [5.74, 6) is 0.448. The lowest BCUT2D eigenvalue weighted by Crippen LogP contribution is -2.33. The maximum Gasteiger partial charge on any atom is 0.251 e. The van der Waals surface area contributed by atoms with Gasteiger partial charge >= 0.3 is 0 Å². The monoisotopic (exact) mass is 306 g/mol. The van der Waals surface area contributed by atoms with E-state index in [0.29, 0.717) is 25.3 Å². The van der Waals surface area contributed by atoms with Crippen LogP contribution in [-0.2, 0) is 9.53 Å². The molecule has 1 aliphatic heterocycles. The summed E-state index contributed by atoms with van der Waals surface area (Å²) in [5.41, 5.74) is 0.562. The molecule has 0 bridgehead atoms. The van der Waals surface area contributed by atoms with Crippen LogP contribution in [-0.4, -0.2) is 44.2 Å². The Morgan fingerprint density at radius 2 is 1.95 bits per heavy atom. The summed E-state index contributed by atoms with van der Waals surface area (Å²) in [6, 6.07) is 6.99. The van der Waals surface area contributed by atoms with Crippen LogP contribution in [0.5, 0.6) is 5.75 Å². The van der Waals surface area contributed by atoms with E-state index in [-0.39, 0.29) is 17.9 Å². The van der Waals surface area contributed by atoms with Crippen molar-refractivity contribution in [2.24, 2.45) is 0 Å². The van der Waals surface area contributed by atoms with Crippen molar-refractivity contribution in [3.8, 4) is 5.75 Å². The second-order valence-corrected chi connectivity index (χ2v) is 5.21. The van der Waals surface area contributed by atoms with Gasteiger partial charge in [0, 0.05) is 32.2 Å². The van der Waals surface area contributed by atoms with Crippen molar-refractivity contribution in [1.82, 2.24) is 10.6 Å². The molecule has 1 fully saturated rings. The molecule has 1 unspecified atom stereocenters. The van der Waals surface area contributed by atoms with Crippen LogP contribution >= 0.6 is 0 Å². The minimum Gasteiger partial charge on any atom is -0.491 e. The Kier molecular flexibility index (Phi) is 6.21. The Hall–Kier alpha value is -2.08. The standard InChI is InChI=1S/C16H22N2O4/c1-12(19)17-8-9-18-16(20)13-4-6-14(7-5-13)22-11-15-3-2-10-21-15/h4-7,15H,2-3,8-11H2,1H3,(H,17,19)(H,18,20). The van der Waals surface area contributed by atoms with Gasteiger partial charge in [-0.2, -0.15) is 0 Å². The second kappa shape index (κ2) is 8.38. The fourth-order valence-corrected chi connectivity index (χ4v) is 2.18. The fraction of sp³-hybridized carbons (Fsp3) is 0.500. The molecular formula is C16H22N2O4. The summed E-state index contributed by atoms with van der Waals surface area (Å²) in [5, 5.41) is 5.36. The van der Waals surface area contributed by atoms with Crippen LogP contribution in [0.1, 0.15) is 30.1 Å². The number of hydrogen-bond donors (Lipinski definition) is 2. The number of ether oxygens (including phenoxy) is 2. The first kappa shape index (κ1) is 16.3. The Morgan fingerprint density at radius 3 is 2.59 bits per heavy atom. The zero-order valence-electron chi connectivity index (χ0n) is 12.8. The number of carbonyl (C=O) groups excluding carboxylic acids is 2. The van der Waals surface area contributed by atoms with Gasteiger partial charge < -0.3 is 20.1 Å². The molecule has 1 aromatic rings. The highest BCUT2D eigenvalue weighted by molar-refractivity contribution is 5.94. The molecule has 0 aromatic heterocycles. The number of carbonyl (C=O) groups is 2. The van der Waals surface area contributed by atoms with Crippen LogP contribution < -0.4 is 15.4 Å². The van der Waals surface area contributed by atoms with Gasteiger partial charge in [0.15, 0.2) is 0 Å². The molecule has 2 amide bonds. The van der Waals surface area contributed by atoms with Crippen LogP contribution in [0.4, 0.5) is 0 Å². The number of rotatable bonds is 7. The lowest BCUT2D eigenvalue weighted by Gasteiger charge is -2.11. The Morgan fingerprint density at radius 1 is 1.23 bits per heavy atom. The van der Waals surface area contributed by atoms with Crippen LogP contribution in [0.2, 0.25) is 0 Å². The molecule has 1 aliphatic rings. The van der Waals surface area contributed by atoms with Gasteiger partial charge in [-0.1, -0.05) is 0 Å². The molecular weight excluding hydrogens is 284 g/mol. The Balaban J connectivity index is 1.72. The van der Waals surface area contributed by atoms with E-state index >= 15 is 0 Å². The third kappa shape index (κ3) is 5.37. The van der Waals surface area contributed by atoms with E-state index in [9.17, 15) is 9.59 Å². The predicted octanol–water partition coefficient (Wildman–Crippen LogP) is 1.11. The first-order valence-electron chi connectivity index (χ1n) is 7.52. The third-order valence-corrected chi connectivity index (χ3v) is 3.36. The van der Waals surface area contributed by atoms with Gasteiger partial charge in [-0.3, -0.25) is 9.59 Å². The molecule has 1 atom stereocenters. The molecule has 120 valence electrons. The second-order valence-electron chi connectivity index (χ2n) is 5.21. The summed E-state index contributed by atoms with van der Waals surface area (Å²) in [6.07, 6.45) is 2.30. The van der Waals surface area contributed by atoms with Crippen LogP contribution in [0.3, 0.4) is 0 Å². The van der Waals surface area contributed by atoms with Gasteiger partial charge in [0.25, 0.3) is 5.91 Å². The third-order valence-electron chi connectivity index (χ3n) is 3.36. The van der Waals surface area contributed by atoms with Gasteiger partial charge in [0.05, 0.1) is 6.10 Å². The van der Waals surface area contributed by atoms with Gasteiger partial charge in [0.1, 0.15) is 12.4 Å². The summed E-state index contributed by atoms with van der Waals surface area (Å²) in [4.78, 5) is 22.6. The van der Waals surface area contributed by atoms with E-state index in [1.807, 2.05) is 0 Å². The average Bonchev–Trinajstić information content (AvgIpc) is 3.03. The summed E-state index contributed by atoms with van der Waals surface area (Å²) in [7, 11) is 0. The lowest BCUT2D eigenvalue weighted by molar-refractivity contribution is -0.118. The van der Waals surface area contributed by atoms with Gasteiger partial charge in [0.2, 0.25) is 5.91 Å². The average molecular weight is 306 g/mol. The number of amides is 2. The molecule has 2 rings (SSSR count). The summed E-state index contributed by atoms with van der Waals surface area (Å²) >= 11 is 0. The molecule has 1 aromatic carbocycles. The van der Waals surface area contributed by atoms with Crippen molar-refractivity contribution in [2.45, 2.75) is 25.9 Å². The summed E-state index contributed by atoms with van der Waals surface area (Å²) < 4.78 is 11.1. The highest BCUT2D eigenvalue weighted by Crippen LogP contribution is 2.16. The first-order chi connectivity index (χ1) is 10.6. The number of benzene rings is 1. The highest BCUT2D eigenvalue weighted by Gasteiger charge is 2.16. The van der Waals surface area contributed by atoms with E-state index in [4.69, 9.17) is 9.47 Å². The van der Waals surface area contributed by atoms with E-state index in [2.05, 4.69) is 10.6 Å². The topological polar surface area (TPSA) is 76.7 Å². The molecule has 0 radical (unpaired) electrons. The largest absolute Gasteiger partial charge is 0.491 e. The quantitative estimate of drug-likeness (QED) is 0.740. The molecule has 0 spiro atoms. The van der Waals surface area contributed by atoms with Gasteiger partial charge in [-0.25, -0.2) is 0 Å². The summed E-state index contributed by atoms with van der Waals surface area (Å²) in [6.45, 7) is 3.62. The number of hydrogen-bond acceptors (Lipinski definition) is 4. The first-order valence-corrected chi connectivity index (χ1v) is 7.52. The fourth-order valence-electron chi connectivity index (χ4n) is 2.18. The number of nitrogens with one attached hydrogen (secondary N) is 2. The molecule has 0 aliphatic carbocycles. The zero-order chi connectivity index (χ0) is 15.8. The molecule has 2 N–H and O–H groups in total. The van der Waals surface area contributed by atoms with Crippen molar-refractivity contribution in [2.75, 3.05) is 26.3 Å². The van der Waals surface area contributed by atoms with Gasteiger partial charge in [-0.15, -0.1) is 0 Å². The van der Waals surface area contributed by atoms with Crippen LogP contribution in [0.25, 0.3) is 0 Å². The molecule has 22 heavy (non-hydrogen) atoms. The minimum atomic E-state index is -0.170. The minimum absolute atomic E-state index is 0.109. The van der Waals surface area contributed by atoms with Crippen molar-refractivity contribution in [3.63, 3.8) is 0 Å². The van der Waals surface area contributed by atoms with E-state index in [1.54, 1.807) is 24.3 Å². The van der Waals surface area contributed by atoms with Crippen molar-refractivity contribution in [3.05, 3.63) is 29.8 Å². The van der Waals surface area contributed by atoms with E-state index in [1.165, 1.54) is 6.92 Å². The SMILES string of the molecule is CC(=O)NCCNC(=O)c1ccc(OCC2CCCO2)cc1. The lowest BCUT2D eigenvalue weighted by atomic mass is 10.2. The molecule has 1 heterocycles.